The highest BCUT2D eigenvalue weighted by Gasteiger charge is 2.58. The molecule has 6 heteroatoms. The Labute approximate surface area is 233 Å². The van der Waals surface area contributed by atoms with Gasteiger partial charge >= 0.3 is 5.97 Å². The molecule has 210 valence electrons. The van der Waals surface area contributed by atoms with Gasteiger partial charge in [-0.15, -0.1) is 6.58 Å². The first-order valence-corrected chi connectivity index (χ1v) is 14.4. The number of fused-ring (bicyclic) bond motifs is 1. The van der Waals surface area contributed by atoms with E-state index in [1.54, 1.807) is 6.07 Å². The van der Waals surface area contributed by atoms with Gasteiger partial charge in [0.2, 0.25) is 5.91 Å². The van der Waals surface area contributed by atoms with E-state index in [-0.39, 0.29) is 17.9 Å². The highest BCUT2D eigenvalue weighted by molar-refractivity contribution is 5.76. The Morgan fingerprint density at radius 2 is 1.92 bits per heavy atom. The molecule has 1 amide bonds. The number of rotatable bonds is 11. The highest BCUT2D eigenvalue weighted by atomic mass is 16.5. The van der Waals surface area contributed by atoms with Crippen molar-refractivity contribution in [2.24, 2.45) is 0 Å². The minimum atomic E-state index is -0.944. The minimum Gasteiger partial charge on any atom is -0.427 e. The van der Waals surface area contributed by atoms with Crippen LogP contribution in [-0.2, 0) is 21.4 Å². The van der Waals surface area contributed by atoms with Crippen molar-refractivity contribution in [2.45, 2.75) is 81.8 Å². The lowest BCUT2D eigenvalue weighted by atomic mass is 9.55. The molecule has 2 aromatic carbocycles. The minimum absolute atomic E-state index is 0.0467. The van der Waals surface area contributed by atoms with Crippen molar-refractivity contribution in [1.29, 1.82) is 0 Å². The molecule has 1 N–H and O–H groups in total. The third-order valence-electron chi connectivity index (χ3n) is 8.88. The Balaban J connectivity index is 1.45. The number of carbonyl (C=O) groups excluding carboxylic acids is 2. The molecule has 0 bridgehead atoms. The number of hydrogen-bond donors (Lipinski definition) is 1. The Kier molecular flexibility index (Phi) is 9.62. The average Bonchev–Trinajstić information content (AvgIpc) is 2.92. The number of esters is 1. The van der Waals surface area contributed by atoms with Crippen molar-refractivity contribution < 1.29 is 19.4 Å². The van der Waals surface area contributed by atoms with Gasteiger partial charge < -0.3 is 14.7 Å². The number of carbonyl (C=O) groups is 2. The summed E-state index contributed by atoms with van der Waals surface area (Å²) in [5.74, 6) is 0.307. The van der Waals surface area contributed by atoms with Crippen LogP contribution < -0.4 is 4.74 Å². The zero-order valence-corrected chi connectivity index (χ0v) is 23.6. The van der Waals surface area contributed by atoms with Crippen LogP contribution in [0.1, 0.15) is 69.4 Å². The molecule has 6 nitrogen and oxygen atoms in total. The monoisotopic (exact) mass is 532 g/mol. The zero-order chi connectivity index (χ0) is 27.9. The van der Waals surface area contributed by atoms with Crippen LogP contribution in [0.15, 0.2) is 67.3 Å². The van der Waals surface area contributed by atoms with Crippen LogP contribution in [0, 0.1) is 0 Å². The summed E-state index contributed by atoms with van der Waals surface area (Å²) in [6.45, 7) is 7.41. The molecule has 39 heavy (non-hydrogen) atoms. The number of amides is 1. The highest BCUT2D eigenvalue weighted by Crippen LogP contribution is 2.52. The van der Waals surface area contributed by atoms with Gasteiger partial charge in [-0.25, -0.2) is 0 Å². The van der Waals surface area contributed by atoms with E-state index >= 15 is 0 Å². The second-order valence-electron chi connectivity index (χ2n) is 11.5. The van der Waals surface area contributed by atoms with Gasteiger partial charge in [-0.05, 0) is 74.8 Å². The van der Waals surface area contributed by atoms with Crippen molar-refractivity contribution >= 4 is 11.9 Å². The van der Waals surface area contributed by atoms with Crippen LogP contribution in [0.5, 0.6) is 5.75 Å². The molecule has 1 heterocycles. The Hall–Kier alpha value is -2.96. The molecule has 2 fully saturated rings. The number of aryl methyl sites for hydroxylation is 1. The van der Waals surface area contributed by atoms with Gasteiger partial charge in [0.1, 0.15) is 5.75 Å². The van der Waals surface area contributed by atoms with E-state index in [2.05, 4.69) is 35.7 Å². The van der Waals surface area contributed by atoms with E-state index in [1.165, 1.54) is 12.5 Å². The summed E-state index contributed by atoms with van der Waals surface area (Å²) in [6.07, 6.45) is 9.31. The molecule has 2 aliphatic rings. The van der Waals surface area contributed by atoms with Crippen molar-refractivity contribution in [1.82, 2.24) is 9.80 Å². The van der Waals surface area contributed by atoms with E-state index in [0.717, 1.165) is 57.2 Å². The van der Waals surface area contributed by atoms with Gasteiger partial charge in [0.05, 0.1) is 5.60 Å². The van der Waals surface area contributed by atoms with E-state index in [0.29, 0.717) is 31.6 Å². The van der Waals surface area contributed by atoms with Gasteiger partial charge in [0.25, 0.3) is 0 Å². The molecule has 2 aromatic rings. The standard InChI is InChI=1S/C33H44N2O4/c1-4-21-35-22-20-32(28-15-11-16-30(23-28)39-26(2)36)24-29(18-19-33(32,38)25-35)34(3)31(37)17-10-6-9-14-27-12-7-5-8-13-27/h4-5,7-8,11-13,15-16,23,29,38H,1,6,9-10,14,17-22,24-25H2,2-3H3. The summed E-state index contributed by atoms with van der Waals surface area (Å²) in [4.78, 5) is 29.1. The van der Waals surface area contributed by atoms with Crippen LogP contribution in [0.3, 0.4) is 0 Å². The second kappa shape index (κ2) is 12.9. The van der Waals surface area contributed by atoms with Crippen LogP contribution in [0.2, 0.25) is 0 Å². The molecular formula is C33H44N2O4. The first-order valence-electron chi connectivity index (χ1n) is 14.4. The van der Waals surface area contributed by atoms with Crippen LogP contribution >= 0.6 is 0 Å². The van der Waals surface area contributed by atoms with Gasteiger partial charge in [-0.1, -0.05) is 55.0 Å². The van der Waals surface area contributed by atoms with Gasteiger partial charge in [-0.2, -0.15) is 0 Å². The molecule has 0 aromatic heterocycles. The lowest BCUT2D eigenvalue weighted by Gasteiger charge is -2.59. The third-order valence-corrected chi connectivity index (χ3v) is 8.88. The number of nitrogens with zero attached hydrogens (tertiary/aromatic N) is 2. The summed E-state index contributed by atoms with van der Waals surface area (Å²) in [7, 11) is 1.93. The van der Waals surface area contributed by atoms with E-state index < -0.39 is 11.0 Å². The van der Waals surface area contributed by atoms with E-state index in [4.69, 9.17) is 4.74 Å². The summed E-state index contributed by atoms with van der Waals surface area (Å²) >= 11 is 0. The van der Waals surface area contributed by atoms with Gasteiger partial charge in [-0.3, -0.25) is 14.5 Å². The Bertz CT molecular complexity index is 1140. The largest absolute Gasteiger partial charge is 0.427 e. The van der Waals surface area contributed by atoms with Crippen LogP contribution in [0.4, 0.5) is 0 Å². The van der Waals surface area contributed by atoms with Gasteiger partial charge in [0.15, 0.2) is 0 Å². The number of ether oxygens (including phenoxy) is 1. The molecule has 3 unspecified atom stereocenters. The van der Waals surface area contributed by atoms with Crippen LogP contribution in [-0.4, -0.2) is 65.1 Å². The number of hydrogen-bond acceptors (Lipinski definition) is 5. The smallest absolute Gasteiger partial charge is 0.308 e. The normalized spacial score (nSPS) is 24.9. The Morgan fingerprint density at radius 3 is 2.67 bits per heavy atom. The molecular weight excluding hydrogens is 488 g/mol. The van der Waals surface area contributed by atoms with Crippen molar-refractivity contribution in [3.05, 3.63) is 78.4 Å². The zero-order valence-electron chi connectivity index (χ0n) is 23.6. The number of unbranched alkanes of at least 4 members (excludes halogenated alkanes) is 2. The molecule has 1 aliphatic heterocycles. The third kappa shape index (κ3) is 6.79. The maximum atomic E-state index is 13.3. The molecule has 1 saturated carbocycles. The maximum absolute atomic E-state index is 13.3. The number of likely N-dealkylation sites (tertiary alicyclic amines) is 1. The quantitative estimate of drug-likeness (QED) is 0.184. The average molecular weight is 533 g/mol. The molecule has 1 saturated heterocycles. The fraction of sp³-hybridized carbons (Fsp3) is 0.515. The van der Waals surface area contributed by atoms with E-state index in [9.17, 15) is 14.7 Å². The lowest BCUT2D eigenvalue weighted by Crippen LogP contribution is -2.67. The summed E-state index contributed by atoms with van der Waals surface area (Å²) < 4.78 is 5.41. The fourth-order valence-electron chi connectivity index (χ4n) is 6.73. The number of benzene rings is 2. The second-order valence-corrected chi connectivity index (χ2v) is 11.5. The van der Waals surface area contributed by atoms with E-state index in [1.807, 2.05) is 42.3 Å². The molecule has 0 radical (unpaired) electrons. The number of β-amino-alcohol motifs (C(OH)–C–C–N with tert-alkyl or cyclic N) is 1. The topological polar surface area (TPSA) is 70.1 Å². The first-order chi connectivity index (χ1) is 18.8. The number of aliphatic hydroxyl groups is 1. The Morgan fingerprint density at radius 1 is 1.13 bits per heavy atom. The molecule has 0 spiro atoms. The van der Waals surface area contributed by atoms with Crippen molar-refractivity contribution in [3.63, 3.8) is 0 Å². The van der Waals surface area contributed by atoms with Gasteiger partial charge in [0, 0.05) is 44.9 Å². The predicted molar refractivity (Wildman–Crippen MR) is 155 cm³/mol. The molecule has 4 rings (SSSR count). The first kappa shape index (κ1) is 29.0. The fourth-order valence-corrected chi connectivity index (χ4v) is 6.73. The summed E-state index contributed by atoms with van der Waals surface area (Å²) in [5, 5.41) is 12.2. The molecule has 1 aliphatic carbocycles. The van der Waals surface area contributed by atoms with Crippen molar-refractivity contribution in [2.75, 3.05) is 26.7 Å². The van der Waals surface area contributed by atoms with Crippen LogP contribution in [0.25, 0.3) is 0 Å². The lowest BCUT2D eigenvalue weighted by molar-refractivity contribution is -0.147. The summed E-state index contributed by atoms with van der Waals surface area (Å²) in [5.41, 5.74) is 0.848. The van der Waals surface area contributed by atoms with Crippen molar-refractivity contribution in [3.8, 4) is 5.75 Å². The maximum Gasteiger partial charge on any atom is 0.308 e. The SMILES string of the molecule is C=CCN1CCC2(c3cccc(OC(C)=O)c3)CC(N(C)C(=O)CCCCCc3ccccc3)CCC2(O)C1. The molecule has 3 atom stereocenters. The predicted octanol–water partition coefficient (Wildman–Crippen LogP) is 5.29. The summed E-state index contributed by atoms with van der Waals surface area (Å²) in [6, 6.07) is 18.2. The number of piperidine rings is 1.